The number of carbonyl (C=O) groups is 1. The van der Waals surface area contributed by atoms with E-state index in [9.17, 15) is 4.79 Å². The molecule has 0 aromatic carbocycles. The van der Waals surface area contributed by atoms with Gasteiger partial charge in [0.15, 0.2) is 0 Å². The van der Waals surface area contributed by atoms with Gasteiger partial charge in [0.2, 0.25) is 5.91 Å². The predicted octanol–water partition coefficient (Wildman–Crippen LogP) is 1.51. The zero-order chi connectivity index (χ0) is 12.7. The van der Waals surface area contributed by atoms with E-state index in [1.807, 2.05) is 11.8 Å². The summed E-state index contributed by atoms with van der Waals surface area (Å²) in [5.74, 6) is 0.637. The molecule has 1 saturated carbocycles. The molecule has 2 atom stereocenters. The predicted molar refractivity (Wildman–Crippen MR) is 67.0 cm³/mol. The maximum atomic E-state index is 12.4. The van der Waals surface area contributed by atoms with Gasteiger partial charge in [-0.25, -0.2) is 0 Å². The molecule has 17 heavy (non-hydrogen) atoms. The monoisotopic (exact) mass is 237 g/mol. The lowest BCUT2D eigenvalue weighted by molar-refractivity contribution is -0.138. The van der Waals surface area contributed by atoms with Crippen molar-refractivity contribution < 1.29 is 4.79 Å². The molecule has 2 N–H and O–H groups in total. The second-order valence-corrected chi connectivity index (χ2v) is 4.71. The lowest BCUT2D eigenvalue weighted by Gasteiger charge is -2.33. The Labute approximate surface area is 104 Å². The number of rotatable bonds is 5. The molecular formula is C13H23N3O. The van der Waals surface area contributed by atoms with Crippen molar-refractivity contribution in [3.05, 3.63) is 0 Å². The summed E-state index contributed by atoms with van der Waals surface area (Å²) in [5.41, 5.74) is 5.75. The summed E-state index contributed by atoms with van der Waals surface area (Å²) in [6, 6.07) is 2.10. The van der Waals surface area contributed by atoms with E-state index in [2.05, 4.69) is 6.07 Å². The van der Waals surface area contributed by atoms with Gasteiger partial charge in [-0.1, -0.05) is 12.8 Å². The molecule has 0 spiro atoms. The Kier molecular flexibility index (Phi) is 5.99. The van der Waals surface area contributed by atoms with Gasteiger partial charge in [-0.05, 0) is 32.2 Å². The van der Waals surface area contributed by atoms with E-state index >= 15 is 0 Å². The van der Waals surface area contributed by atoms with Crippen LogP contribution in [0.15, 0.2) is 0 Å². The van der Waals surface area contributed by atoms with Gasteiger partial charge in [0.25, 0.3) is 0 Å². The summed E-state index contributed by atoms with van der Waals surface area (Å²) in [7, 11) is 0. The normalized spacial score (nSPS) is 24.1. The van der Waals surface area contributed by atoms with Crippen molar-refractivity contribution in [1.29, 1.82) is 5.26 Å². The van der Waals surface area contributed by atoms with Gasteiger partial charge in [-0.3, -0.25) is 4.79 Å². The van der Waals surface area contributed by atoms with Gasteiger partial charge in [0.05, 0.1) is 12.5 Å². The molecule has 1 aliphatic carbocycles. The van der Waals surface area contributed by atoms with Crippen molar-refractivity contribution in [2.24, 2.45) is 17.6 Å². The second kappa shape index (κ2) is 7.29. The Hall–Kier alpha value is -1.08. The number of hydrogen-bond acceptors (Lipinski definition) is 3. The summed E-state index contributed by atoms with van der Waals surface area (Å²) in [6.45, 7) is 3.82. The third-order valence-corrected chi connectivity index (χ3v) is 3.72. The highest BCUT2D eigenvalue weighted by atomic mass is 16.2. The molecule has 1 fully saturated rings. The highest BCUT2D eigenvalue weighted by molar-refractivity contribution is 5.79. The Morgan fingerprint density at radius 3 is 2.76 bits per heavy atom. The molecular weight excluding hydrogens is 214 g/mol. The Bertz CT molecular complexity index is 285. The average Bonchev–Trinajstić information content (AvgIpc) is 2.39. The number of amides is 1. The molecule has 0 aromatic rings. The number of nitrogens with zero attached hydrogens (tertiary/aromatic N) is 2. The van der Waals surface area contributed by atoms with Gasteiger partial charge in [-0.2, -0.15) is 5.26 Å². The first kappa shape index (κ1) is 14.0. The molecule has 4 nitrogen and oxygen atoms in total. The number of nitrogens with two attached hydrogens (primary N) is 1. The highest BCUT2D eigenvalue weighted by Gasteiger charge is 2.32. The van der Waals surface area contributed by atoms with Gasteiger partial charge in [0.1, 0.15) is 0 Å². The van der Waals surface area contributed by atoms with Crippen molar-refractivity contribution in [2.45, 2.75) is 39.0 Å². The maximum absolute atomic E-state index is 12.4. The lowest BCUT2D eigenvalue weighted by atomic mass is 9.78. The molecule has 1 aliphatic rings. The van der Waals surface area contributed by atoms with Crippen molar-refractivity contribution in [2.75, 3.05) is 19.6 Å². The maximum Gasteiger partial charge on any atom is 0.226 e. The third-order valence-electron chi connectivity index (χ3n) is 3.72. The van der Waals surface area contributed by atoms with Gasteiger partial charge >= 0.3 is 0 Å². The number of carbonyl (C=O) groups excluding carboxylic acids is 1. The van der Waals surface area contributed by atoms with Crippen LogP contribution in [0.25, 0.3) is 0 Å². The summed E-state index contributed by atoms with van der Waals surface area (Å²) < 4.78 is 0. The third kappa shape index (κ3) is 3.71. The van der Waals surface area contributed by atoms with Crippen LogP contribution in [0.3, 0.4) is 0 Å². The van der Waals surface area contributed by atoms with Crippen LogP contribution in [0, 0.1) is 23.2 Å². The molecule has 0 heterocycles. The molecule has 0 bridgehead atoms. The zero-order valence-corrected chi connectivity index (χ0v) is 10.7. The highest BCUT2D eigenvalue weighted by Crippen LogP contribution is 2.30. The fourth-order valence-corrected chi connectivity index (χ4v) is 2.66. The summed E-state index contributed by atoms with van der Waals surface area (Å²) in [6.07, 6.45) is 4.77. The minimum Gasteiger partial charge on any atom is -0.342 e. The molecule has 1 amide bonds. The quantitative estimate of drug-likeness (QED) is 0.788. The molecule has 1 rings (SSSR count). The minimum atomic E-state index is 0.0902. The Morgan fingerprint density at radius 1 is 1.47 bits per heavy atom. The largest absolute Gasteiger partial charge is 0.342 e. The van der Waals surface area contributed by atoms with Crippen LogP contribution in [0.1, 0.15) is 39.0 Å². The van der Waals surface area contributed by atoms with Crippen LogP contribution < -0.4 is 5.73 Å². The van der Waals surface area contributed by atoms with Crippen LogP contribution in [0.2, 0.25) is 0 Å². The molecule has 0 aliphatic heterocycles. The van der Waals surface area contributed by atoms with Gasteiger partial charge in [0, 0.05) is 19.0 Å². The fourth-order valence-electron chi connectivity index (χ4n) is 2.66. The first-order valence-electron chi connectivity index (χ1n) is 6.60. The van der Waals surface area contributed by atoms with E-state index in [4.69, 9.17) is 11.0 Å². The van der Waals surface area contributed by atoms with Crippen LogP contribution in [0.4, 0.5) is 0 Å². The van der Waals surface area contributed by atoms with Crippen molar-refractivity contribution in [1.82, 2.24) is 4.90 Å². The molecule has 0 radical (unpaired) electrons. The molecule has 4 heteroatoms. The topological polar surface area (TPSA) is 70.1 Å². The van der Waals surface area contributed by atoms with E-state index in [1.165, 1.54) is 6.42 Å². The SMILES string of the molecule is CCN(CCC#N)C(=O)C1CCCCC1CN. The minimum absolute atomic E-state index is 0.0902. The smallest absolute Gasteiger partial charge is 0.226 e. The lowest BCUT2D eigenvalue weighted by Crippen LogP contribution is -2.42. The van der Waals surface area contributed by atoms with Crippen LogP contribution in [-0.2, 0) is 4.79 Å². The number of hydrogen-bond donors (Lipinski definition) is 1. The summed E-state index contributed by atoms with van der Waals surface area (Å²) in [4.78, 5) is 14.2. The standard InChI is InChI=1S/C13H23N3O/c1-2-16(9-5-8-14)13(17)12-7-4-3-6-11(12)10-15/h11-12H,2-7,9-10,15H2,1H3. The molecule has 96 valence electrons. The van der Waals surface area contributed by atoms with E-state index in [0.29, 0.717) is 32.0 Å². The van der Waals surface area contributed by atoms with Crippen molar-refractivity contribution >= 4 is 5.91 Å². The van der Waals surface area contributed by atoms with Crippen LogP contribution in [-0.4, -0.2) is 30.4 Å². The summed E-state index contributed by atoms with van der Waals surface area (Å²) in [5, 5.41) is 8.59. The van der Waals surface area contributed by atoms with Gasteiger partial charge in [-0.15, -0.1) is 0 Å². The van der Waals surface area contributed by atoms with E-state index in [0.717, 1.165) is 19.3 Å². The second-order valence-electron chi connectivity index (χ2n) is 4.71. The van der Waals surface area contributed by atoms with E-state index in [1.54, 1.807) is 0 Å². The summed E-state index contributed by atoms with van der Waals surface area (Å²) >= 11 is 0. The van der Waals surface area contributed by atoms with Crippen molar-refractivity contribution in [3.63, 3.8) is 0 Å². The van der Waals surface area contributed by atoms with Crippen LogP contribution >= 0.6 is 0 Å². The first-order valence-corrected chi connectivity index (χ1v) is 6.60. The average molecular weight is 237 g/mol. The molecule has 2 unspecified atom stereocenters. The Morgan fingerprint density at radius 2 is 2.18 bits per heavy atom. The molecule has 0 aromatic heterocycles. The molecule has 0 saturated heterocycles. The fraction of sp³-hybridized carbons (Fsp3) is 0.846. The first-order chi connectivity index (χ1) is 8.24. The van der Waals surface area contributed by atoms with E-state index < -0.39 is 0 Å². The number of nitriles is 1. The van der Waals surface area contributed by atoms with Crippen molar-refractivity contribution in [3.8, 4) is 6.07 Å². The van der Waals surface area contributed by atoms with E-state index in [-0.39, 0.29) is 11.8 Å². The zero-order valence-electron chi connectivity index (χ0n) is 10.7. The Balaban J connectivity index is 2.61. The van der Waals surface area contributed by atoms with Gasteiger partial charge < -0.3 is 10.6 Å². The van der Waals surface area contributed by atoms with Crippen LogP contribution in [0.5, 0.6) is 0 Å².